The second kappa shape index (κ2) is 8.48. The summed E-state index contributed by atoms with van der Waals surface area (Å²) in [6.45, 7) is 4.27. The zero-order chi connectivity index (χ0) is 19.6. The summed E-state index contributed by atoms with van der Waals surface area (Å²) in [6, 6.07) is 4.80. The lowest BCUT2D eigenvalue weighted by molar-refractivity contribution is -0.132. The molecule has 2 fully saturated rings. The summed E-state index contributed by atoms with van der Waals surface area (Å²) < 4.78 is 0. The normalized spacial score (nSPS) is 21.7. The molecule has 1 heterocycles. The average Bonchev–Trinajstić information content (AvgIpc) is 3.38. The van der Waals surface area contributed by atoms with Gasteiger partial charge in [-0.25, -0.2) is 0 Å². The highest BCUT2D eigenvalue weighted by molar-refractivity contribution is 6.36. The molecule has 1 aromatic carbocycles. The van der Waals surface area contributed by atoms with Crippen LogP contribution in [0, 0.1) is 11.8 Å². The van der Waals surface area contributed by atoms with Gasteiger partial charge in [-0.1, -0.05) is 30.1 Å². The summed E-state index contributed by atoms with van der Waals surface area (Å²) in [4.78, 5) is 40.1. The van der Waals surface area contributed by atoms with Crippen LogP contribution in [0.1, 0.15) is 30.1 Å². The van der Waals surface area contributed by atoms with E-state index in [-0.39, 0.29) is 30.1 Å². The molecule has 1 saturated heterocycles. The van der Waals surface area contributed by atoms with Gasteiger partial charge in [-0.15, -0.1) is 0 Å². The Hall–Kier alpha value is -1.79. The molecule has 0 spiro atoms. The SMILES string of the molecule is CC1CC1C(=O)NCCC(=O)N1CCN(C(=O)c2ccc(Cl)cc2Cl)CC1. The largest absolute Gasteiger partial charge is 0.355 e. The van der Waals surface area contributed by atoms with E-state index in [1.54, 1.807) is 28.0 Å². The van der Waals surface area contributed by atoms with Gasteiger partial charge >= 0.3 is 0 Å². The Morgan fingerprint density at radius 2 is 1.74 bits per heavy atom. The van der Waals surface area contributed by atoms with Crippen molar-refractivity contribution in [3.8, 4) is 0 Å². The van der Waals surface area contributed by atoms with E-state index in [4.69, 9.17) is 23.2 Å². The van der Waals surface area contributed by atoms with Crippen molar-refractivity contribution < 1.29 is 14.4 Å². The Balaban J connectivity index is 1.43. The molecule has 1 N–H and O–H groups in total. The third kappa shape index (κ3) is 4.93. The first-order valence-corrected chi connectivity index (χ1v) is 9.92. The molecule has 3 amide bonds. The summed E-state index contributed by atoms with van der Waals surface area (Å²) in [6.07, 6.45) is 1.22. The van der Waals surface area contributed by atoms with Gasteiger partial charge in [-0.05, 0) is 30.5 Å². The Bertz CT molecular complexity index is 748. The number of carbonyl (C=O) groups is 3. The molecule has 0 aromatic heterocycles. The van der Waals surface area contributed by atoms with Crippen LogP contribution in [0.5, 0.6) is 0 Å². The minimum atomic E-state index is -0.158. The first kappa shape index (κ1) is 20.0. The number of hydrogen-bond donors (Lipinski definition) is 1. The van der Waals surface area contributed by atoms with Crippen LogP contribution in [-0.4, -0.2) is 60.2 Å². The Morgan fingerprint density at radius 3 is 2.33 bits per heavy atom. The smallest absolute Gasteiger partial charge is 0.255 e. The number of nitrogens with zero attached hydrogens (tertiary/aromatic N) is 2. The van der Waals surface area contributed by atoms with Crippen LogP contribution in [0.15, 0.2) is 18.2 Å². The number of rotatable bonds is 5. The fraction of sp³-hybridized carbons (Fsp3) is 0.526. The van der Waals surface area contributed by atoms with Crippen molar-refractivity contribution in [1.82, 2.24) is 15.1 Å². The second-order valence-electron chi connectivity index (χ2n) is 7.16. The highest BCUT2D eigenvalue weighted by Crippen LogP contribution is 2.37. The zero-order valence-electron chi connectivity index (χ0n) is 15.2. The fourth-order valence-electron chi connectivity index (χ4n) is 3.26. The third-order valence-electron chi connectivity index (χ3n) is 5.17. The van der Waals surface area contributed by atoms with E-state index in [1.807, 2.05) is 6.92 Å². The minimum absolute atomic E-state index is 0.00392. The number of nitrogens with one attached hydrogen (secondary N) is 1. The lowest BCUT2D eigenvalue weighted by Crippen LogP contribution is -2.51. The average molecular weight is 412 g/mol. The third-order valence-corrected chi connectivity index (χ3v) is 5.71. The van der Waals surface area contributed by atoms with E-state index in [0.29, 0.717) is 54.3 Å². The van der Waals surface area contributed by atoms with Crippen molar-refractivity contribution in [2.75, 3.05) is 32.7 Å². The van der Waals surface area contributed by atoms with Gasteiger partial charge in [-0.2, -0.15) is 0 Å². The summed E-state index contributed by atoms with van der Waals surface area (Å²) in [5.41, 5.74) is 0.415. The summed E-state index contributed by atoms with van der Waals surface area (Å²) >= 11 is 12.0. The van der Waals surface area contributed by atoms with Crippen LogP contribution in [0.4, 0.5) is 0 Å². The first-order valence-electron chi connectivity index (χ1n) is 9.16. The van der Waals surface area contributed by atoms with Crippen LogP contribution in [0.2, 0.25) is 10.0 Å². The lowest BCUT2D eigenvalue weighted by atomic mass is 10.1. The van der Waals surface area contributed by atoms with Crippen LogP contribution < -0.4 is 5.32 Å². The van der Waals surface area contributed by atoms with E-state index < -0.39 is 0 Å². The quantitative estimate of drug-likeness (QED) is 0.808. The first-order chi connectivity index (χ1) is 12.9. The van der Waals surface area contributed by atoms with E-state index in [1.165, 1.54) is 0 Å². The van der Waals surface area contributed by atoms with Gasteiger partial charge in [0.2, 0.25) is 11.8 Å². The summed E-state index contributed by atoms with van der Waals surface area (Å²) in [5, 5.41) is 3.64. The van der Waals surface area contributed by atoms with E-state index in [0.717, 1.165) is 6.42 Å². The van der Waals surface area contributed by atoms with Gasteiger partial charge in [-0.3, -0.25) is 14.4 Å². The molecule has 3 rings (SSSR count). The molecule has 27 heavy (non-hydrogen) atoms. The van der Waals surface area contributed by atoms with E-state index in [2.05, 4.69) is 5.32 Å². The number of carbonyl (C=O) groups excluding carboxylic acids is 3. The number of hydrogen-bond acceptors (Lipinski definition) is 3. The van der Waals surface area contributed by atoms with Crippen molar-refractivity contribution in [3.05, 3.63) is 33.8 Å². The predicted octanol–water partition coefficient (Wildman–Crippen LogP) is 2.44. The maximum atomic E-state index is 12.6. The summed E-state index contributed by atoms with van der Waals surface area (Å²) in [5.74, 6) is 0.464. The lowest BCUT2D eigenvalue weighted by Gasteiger charge is -2.35. The molecule has 0 bridgehead atoms. The van der Waals surface area contributed by atoms with Crippen molar-refractivity contribution >= 4 is 40.9 Å². The van der Waals surface area contributed by atoms with Crippen LogP contribution in [0.3, 0.4) is 0 Å². The molecule has 2 unspecified atom stereocenters. The number of amides is 3. The zero-order valence-corrected chi connectivity index (χ0v) is 16.7. The summed E-state index contributed by atoms with van der Waals surface area (Å²) in [7, 11) is 0. The molecule has 2 aliphatic rings. The molecule has 1 aliphatic heterocycles. The molecular weight excluding hydrogens is 389 g/mol. The van der Waals surface area contributed by atoms with Crippen LogP contribution >= 0.6 is 23.2 Å². The molecule has 146 valence electrons. The van der Waals surface area contributed by atoms with Crippen molar-refractivity contribution in [3.63, 3.8) is 0 Å². The molecule has 1 saturated carbocycles. The van der Waals surface area contributed by atoms with Gasteiger partial charge in [0.1, 0.15) is 0 Å². The van der Waals surface area contributed by atoms with Crippen LogP contribution in [-0.2, 0) is 9.59 Å². The van der Waals surface area contributed by atoms with Gasteiger partial charge in [0, 0.05) is 50.1 Å². The maximum absolute atomic E-state index is 12.6. The number of benzene rings is 1. The molecule has 8 heteroatoms. The van der Waals surface area contributed by atoms with E-state index in [9.17, 15) is 14.4 Å². The minimum Gasteiger partial charge on any atom is -0.355 e. The van der Waals surface area contributed by atoms with Crippen LogP contribution in [0.25, 0.3) is 0 Å². The van der Waals surface area contributed by atoms with Crippen molar-refractivity contribution in [2.45, 2.75) is 19.8 Å². The maximum Gasteiger partial charge on any atom is 0.255 e. The fourth-order valence-corrected chi connectivity index (χ4v) is 3.75. The van der Waals surface area contributed by atoms with Crippen molar-refractivity contribution in [2.24, 2.45) is 11.8 Å². The highest BCUT2D eigenvalue weighted by Gasteiger charge is 2.38. The standard InChI is InChI=1S/C19H23Cl2N3O3/c1-12-10-15(12)18(26)22-5-4-17(25)23-6-8-24(9-7-23)19(27)14-3-2-13(20)11-16(14)21/h2-3,11-12,15H,4-10H2,1H3,(H,22,26). The molecule has 6 nitrogen and oxygen atoms in total. The van der Waals surface area contributed by atoms with Gasteiger partial charge in [0.15, 0.2) is 0 Å². The topological polar surface area (TPSA) is 69.7 Å². The molecule has 1 aromatic rings. The van der Waals surface area contributed by atoms with E-state index >= 15 is 0 Å². The Labute approximate surface area is 168 Å². The predicted molar refractivity (Wildman–Crippen MR) is 104 cm³/mol. The Kier molecular flexibility index (Phi) is 6.27. The highest BCUT2D eigenvalue weighted by atomic mass is 35.5. The molecule has 0 radical (unpaired) electrons. The molecule has 1 aliphatic carbocycles. The van der Waals surface area contributed by atoms with Gasteiger partial charge in [0.25, 0.3) is 5.91 Å². The number of halogens is 2. The monoisotopic (exact) mass is 411 g/mol. The molecular formula is C19H23Cl2N3O3. The number of piperazine rings is 1. The van der Waals surface area contributed by atoms with Crippen molar-refractivity contribution in [1.29, 1.82) is 0 Å². The molecule has 2 atom stereocenters. The van der Waals surface area contributed by atoms with Gasteiger partial charge < -0.3 is 15.1 Å². The second-order valence-corrected chi connectivity index (χ2v) is 8.00. The Morgan fingerprint density at radius 1 is 1.11 bits per heavy atom. The van der Waals surface area contributed by atoms with Gasteiger partial charge in [0.05, 0.1) is 10.6 Å².